The molecule has 3 heteroatoms. The summed E-state index contributed by atoms with van der Waals surface area (Å²) in [6.45, 7) is 7.45. The molecule has 0 saturated heterocycles. The van der Waals surface area contributed by atoms with Gasteiger partial charge < -0.3 is 0 Å². The molecule has 0 heterocycles. The SMILES string of the molecule is C=CCCSc1ccc(C(=O)c2ccc(SCCC=C)cc2)cc1. The average Bonchev–Trinajstić information content (AvgIpc) is 2.63. The van der Waals surface area contributed by atoms with Gasteiger partial charge in [-0.15, -0.1) is 36.7 Å². The zero-order valence-corrected chi connectivity index (χ0v) is 15.4. The summed E-state index contributed by atoms with van der Waals surface area (Å²) in [6.07, 6.45) is 5.82. The molecule has 0 N–H and O–H groups in total. The molecule has 0 aromatic heterocycles. The molecule has 0 atom stereocenters. The topological polar surface area (TPSA) is 17.1 Å². The van der Waals surface area contributed by atoms with Crippen molar-refractivity contribution >= 4 is 29.3 Å². The molecule has 0 spiro atoms. The number of benzene rings is 2. The predicted molar refractivity (Wildman–Crippen MR) is 107 cm³/mol. The van der Waals surface area contributed by atoms with Crippen LogP contribution < -0.4 is 0 Å². The lowest BCUT2D eigenvalue weighted by atomic mass is 10.0. The Balaban J connectivity index is 1.97. The fraction of sp³-hybridized carbons (Fsp3) is 0.190. The fourth-order valence-corrected chi connectivity index (χ4v) is 3.79. The standard InChI is InChI=1S/C21H22OS2/c1-3-5-15-23-19-11-7-17(8-12-19)21(22)18-9-13-20(14-10-18)24-16-6-4-2/h3-4,7-14H,1-2,5-6,15-16H2. The van der Waals surface area contributed by atoms with Crippen LogP contribution >= 0.6 is 23.5 Å². The van der Waals surface area contributed by atoms with Crippen LogP contribution in [-0.4, -0.2) is 17.3 Å². The lowest BCUT2D eigenvalue weighted by Gasteiger charge is -2.05. The predicted octanol–water partition coefficient (Wildman–Crippen LogP) is 6.25. The largest absolute Gasteiger partial charge is 0.289 e. The van der Waals surface area contributed by atoms with E-state index in [0.717, 1.165) is 35.5 Å². The van der Waals surface area contributed by atoms with Crippen LogP contribution in [0.4, 0.5) is 0 Å². The minimum absolute atomic E-state index is 0.0697. The van der Waals surface area contributed by atoms with Crippen molar-refractivity contribution in [2.45, 2.75) is 22.6 Å². The summed E-state index contributed by atoms with van der Waals surface area (Å²) in [6, 6.07) is 15.7. The number of thioether (sulfide) groups is 2. The van der Waals surface area contributed by atoms with Crippen LogP contribution in [0.2, 0.25) is 0 Å². The van der Waals surface area contributed by atoms with Crippen LogP contribution in [-0.2, 0) is 0 Å². The van der Waals surface area contributed by atoms with E-state index in [1.165, 1.54) is 9.79 Å². The van der Waals surface area contributed by atoms with Gasteiger partial charge in [0.2, 0.25) is 0 Å². The van der Waals surface area contributed by atoms with Crippen molar-refractivity contribution in [1.82, 2.24) is 0 Å². The highest BCUT2D eigenvalue weighted by molar-refractivity contribution is 7.99. The summed E-state index contributed by atoms with van der Waals surface area (Å²) in [4.78, 5) is 14.9. The van der Waals surface area contributed by atoms with Gasteiger partial charge in [0.25, 0.3) is 0 Å². The number of rotatable bonds is 10. The number of hydrogen-bond donors (Lipinski definition) is 0. The maximum absolute atomic E-state index is 12.5. The molecular formula is C21H22OS2. The van der Waals surface area contributed by atoms with Gasteiger partial charge in [-0.3, -0.25) is 4.79 Å². The molecular weight excluding hydrogens is 332 g/mol. The first-order valence-corrected chi connectivity index (χ1v) is 9.94. The Hall–Kier alpha value is -1.71. The number of ketones is 1. The summed E-state index contributed by atoms with van der Waals surface area (Å²) in [7, 11) is 0. The van der Waals surface area contributed by atoms with Gasteiger partial charge in [0.05, 0.1) is 0 Å². The van der Waals surface area contributed by atoms with Crippen molar-refractivity contribution in [3.05, 3.63) is 85.0 Å². The molecule has 0 aliphatic carbocycles. The zero-order valence-electron chi connectivity index (χ0n) is 13.7. The Morgan fingerprint density at radius 3 is 1.46 bits per heavy atom. The van der Waals surface area contributed by atoms with Gasteiger partial charge in [-0.05, 0) is 61.4 Å². The number of hydrogen-bond acceptors (Lipinski definition) is 3. The molecule has 2 aromatic carbocycles. The van der Waals surface area contributed by atoms with Crippen LogP contribution in [0.25, 0.3) is 0 Å². The monoisotopic (exact) mass is 354 g/mol. The third-order valence-electron chi connectivity index (χ3n) is 3.41. The van der Waals surface area contributed by atoms with Gasteiger partial charge in [0.1, 0.15) is 0 Å². The van der Waals surface area contributed by atoms with Crippen LogP contribution in [0.15, 0.2) is 83.6 Å². The summed E-state index contributed by atoms with van der Waals surface area (Å²) in [5.41, 5.74) is 1.46. The first-order valence-electron chi connectivity index (χ1n) is 7.97. The summed E-state index contributed by atoms with van der Waals surface area (Å²) in [5, 5.41) is 0. The maximum Gasteiger partial charge on any atom is 0.193 e. The summed E-state index contributed by atoms with van der Waals surface area (Å²) < 4.78 is 0. The molecule has 0 aliphatic heterocycles. The van der Waals surface area contributed by atoms with Gasteiger partial charge in [0.15, 0.2) is 5.78 Å². The highest BCUT2D eigenvalue weighted by Crippen LogP contribution is 2.22. The van der Waals surface area contributed by atoms with Crippen molar-refractivity contribution in [3.8, 4) is 0 Å². The van der Waals surface area contributed by atoms with E-state index in [4.69, 9.17) is 0 Å². The third-order valence-corrected chi connectivity index (χ3v) is 5.51. The van der Waals surface area contributed by atoms with Crippen LogP contribution in [0.3, 0.4) is 0 Å². The Labute approximate surface area is 153 Å². The van der Waals surface area contributed by atoms with E-state index in [1.54, 1.807) is 23.5 Å². The first kappa shape index (κ1) is 18.6. The second kappa shape index (κ2) is 10.2. The number of carbonyl (C=O) groups is 1. The normalized spacial score (nSPS) is 10.3. The number of carbonyl (C=O) groups excluding carboxylic acids is 1. The lowest BCUT2D eigenvalue weighted by Crippen LogP contribution is -2.00. The molecule has 0 bridgehead atoms. The molecule has 0 unspecified atom stereocenters. The lowest BCUT2D eigenvalue weighted by molar-refractivity contribution is 0.103. The van der Waals surface area contributed by atoms with E-state index in [2.05, 4.69) is 13.2 Å². The molecule has 0 fully saturated rings. The second-order valence-electron chi connectivity index (χ2n) is 5.23. The second-order valence-corrected chi connectivity index (χ2v) is 7.57. The molecule has 0 amide bonds. The Bertz CT molecular complexity index is 612. The highest BCUT2D eigenvalue weighted by atomic mass is 32.2. The molecule has 24 heavy (non-hydrogen) atoms. The molecule has 2 aromatic rings. The van der Waals surface area contributed by atoms with Gasteiger partial charge in [-0.2, -0.15) is 0 Å². The van der Waals surface area contributed by atoms with Crippen molar-refractivity contribution in [2.24, 2.45) is 0 Å². The van der Waals surface area contributed by atoms with E-state index in [9.17, 15) is 4.79 Å². The minimum Gasteiger partial charge on any atom is -0.289 e. The van der Waals surface area contributed by atoms with E-state index >= 15 is 0 Å². The number of allylic oxidation sites excluding steroid dienone is 2. The van der Waals surface area contributed by atoms with E-state index < -0.39 is 0 Å². The molecule has 0 saturated carbocycles. The van der Waals surface area contributed by atoms with E-state index in [-0.39, 0.29) is 5.78 Å². The van der Waals surface area contributed by atoms with Crippen LogP contribution in [0.1, 0.15) is 28.8 Å². The Morgan fingerprint density at radius 1 is 0.750 bits per heavy atom. The molecule has 2 rings (SSSR count). The Morgan fingerprint density at radius 2 is 1.12 bits per heavy atom. The van der Waals surface area contributed by atoms with Crippen LogP contribution in [0, 0.1) is 0 Å². The molecule has 1 nitrogen and oxygen atoms in total. The molecule has 0 radical (unpaired) electrons. The smallest absolute Gasteiger partial charge is 0.193 e. The van der Waals surface area contributed by atoms with Gasteiger partial charge in [0, 0.05) is 32.4 Å². The van der Waals surface area contributed by atoms with Crippen molar-refractivity contribution < 1.29 is 4.79 Å². The third kappa shape index (κ3) is 5.73. The summed E-state index contributed by atoms with van der Waals surface area (Å²) in [5.74, 6) is 2.10. The van der Waals surface area contributed by atoms with E-state index in [0.29, 0.717) is 0 Å². The van der Waals surface area contributed by atoms with Crippen molar-refractivity contribution in [2.75, 3.05) is 11.5 Å². The quantitative estimate of drug-likeness (QED) is 0.217. The maximum atomic E-state index is 12.5. The van der Waals surface area contributed by atoms with Crippen molar-refractivity contribution in [1.29, 1.82) is 0 Å². The van der Waals surface area contributed by atoms with Gasteiger partial charge in [-0.25, -0.2) is 0 Å². The first-order chi connectivity index (χ1) is 11.7. The zero-order chi connectivity index (χ0) is 17.2. The minimum atomic E-state index is 0.0697. The average molecular weight is 355 g/mol. The van der Waals surface area contributed by atoms with Crippen LogP contribution in [0.5, 0.6) is 0 Å². The molecule has 124 valence electrons. The van der Waals surface area contributed by atoms with E-state index in [1.807, 2.05) is 60.7 Å². The fourth-order valence-electron chi connectivity index (χ4n) is 2.09. The highest BCUT2D eigenvalue weighted by Gasteiger charge is 2.09. The van der Waals surface area contributed by atoms with Gasteiger partial charge >= 0.3 is 0 Å². The van der Waals surface area contributed by atoms with Gasteiger partial charge in [-0.1, -0.05) is 12.2 Å². The Kier molecular flexibility index (Phi) is 7.93. The summed E-state index contributed by atoms with van der Waals surface area (Å²) >= 11 is 3.56. The molecule has 0 aliphatic rings. The van der Waals surface area contributed by atoms with Crippen molar-refractivity contribution in [3.63, 3.8) is 0 Å².